The molecule has 3 saturated heterocycles. The maximum absolute atomic E-state index is 14.5. The van der Waals surface area contributed by atoms with Crippen LogP contribution in [0.5, 0.6) is 0 Å². The summed E-state index contributed by atoms with van der Waals surface area (Å²) in [6.07, 6.45) is -29.5. The van der Waals surface area contributed by atoms with Crippen molar-refractivity contribution >= 4 is 59.7 Å². The van der Waals surface area contributed by atoms with Crippen LogP contribution in [0.15, 0.2) is 121 Å². The molecule has 448 valence electrons. The highest BCUT2D eigenvalue weighted by Crippen LogP contribution is 2.39. The first-order chi connectivity index (χ1) is 40.2. The molecule has 0 unspecified atom stereocenters. The van der Waals surface area contributed by atoms with Crippen molar-refractivity contribution in [3.63, 3.8) is 0 Å². The van der Waals surface area contributed by atoms with Gasteiger partial charge in [0.1, 0.15) is 50.3 Å². The summed E-state index contributed by atoms with van der Waals surface area (Å²) in [6, 6.07) is 29.9. The maximum Gasteiger partial charge on any atom is 0.338 e. The van der Waals surface area contributed by atoms with E-state index in [4.69, 9.17) is 71.1 Å². The van der Waals surface area contributed by atoms with E-state index in [1.54, 1.807) is 36.4 Å². The Hall–Kier alpha value is -8.66. The second-order valence-electron chi connectivity index (χ2n) is 18.9. The molecule has 3 aliphatic heterocycles. The first kappa shape index (κ1) is 62.9. The molecular formula is C58H60O26. The number of ether oxygens (including phenoxy) is 15. The quantitative estimate of drug-likeness (QED) is 0.0923. The summed E-state index contributed by atoms with van der Waals surface area (Å²) in [5.41, 5.74) is -0.121. The van der Waals surface area contributed by atoms with Crippen molar-refractivity contribution in [1.82, 2.24) is 0 Å². The fourth-order valence-electron chi connectivity index (χ4n) is 9.11. The Bertz CT molecular complexity index is 2940. The zero-order chi connectivity index (χ0) is 60.6. The monoisotopic (exact) mass is 1170 g/mol. The molecule has 4 aromatic rings. The third-order valence-corrected chi connectivity index (χ3v) is 12.6. The van der Waals surface area contributed by atoms with Crippen LogP contribution in [0.1, 0.15) is 83.0 Å². The van der Waals surface area contributed by atoms with Gasteiger partial charge >= 0.3 is 59.7 Å². The van der Waals surface area contributed by atoms with E-state index in [9.17, 15) is 53.1 Å². The van der Waals surface area contributed by atoms with Crippen molar-refractivity contribution < 1.29 is 124 Å². The molecule has 0 aliphatic carbocycles. The number of benzene rings is 4. The number of carbonyl (C=O) groups excluding carboxylic acids is 10. The van der Waals surface area contributed by atoms with Gasteiger partial charge in [-0.25, -0.2) is 19.2 Å². The molecule has 15 atom stereocenters. The Balaban J connectivity index is 1.43. The second-order valence-corrected chi connectivity index (χ2v) is 18.9. The van der Waals surface area contributed by atoms with Crippen molar-refractivity contribution in [2.45, 2.75) is 134 Å². The molecule has 3 fully saturated rings. The molecule has 0 amide bonds. The van der Waals surface area contributed by atoms with E-state index in [2.05, 4.69) is 0 Å². The molecule has 84 heavy (non-hydrogen) atoms. The topological polar surface area (TPSA) is 329 Å². The molecule has 0 bridgehead atoms. The Morgan fingerprint density at radius 3 is 0.988 bits per heavy atom. The Morgan fingerprint density at radius 1 is 0.321 bits per heavy atom. The van der Waals surface area contributed by atoms with Gasteiger partial charge in [-0.05, 0) is 48.5 Å². The highest BCUT2D eigenvalue weighted by molar-refractivity contribution is 5.91. The Labute approximate surface area is 479 Å². The van der Waals surface area contributed by atoms with Crippen LogP contribution in [0, 0.1) is 0 Å². The van der Waals surface area contributed by atoms with Gasteiger partial charge in [-0.15, -0.1) is 0 Å². The standard InChI is InChI=1S/C58H60O26/c1-30(59)70-27-40-43(73-32(3)61)46(49(56(69)77-40)75-34(5)63)83-57-50(76-35(6)64)48(44(74-33(4)62)41(78-57)28-71-31(2)60)84-58-51(82-55(68)39-25-17-10-18-26-39)47(81-54(67)38-23-15-9-16-24-38)45(80-53(66)37-21-13-8-14-22-37)42(79-58)29-72-52(65)36-19-11-7-12-20-36/h7-26,40-51,56-58,69H,27-29H2,1-6H3/t40-,41-,42-,43-,44-,45-,46+,47+,48+,49-,50-,51-,56-,57+,58+/m1/s1. The number of hydrogen-bond donors (Lipinski definition) is 1. The molecule has 7 rings (SSSR count). The highest BCUT2D eigenvalue weighted by atomic mass is 16.8. The van der Waals surface area contributed by atoms with Gasteiger partial charge in [-0.1, -0.05) is 72.8 Å². The van der Waals surface area contributed by atoms with E-state index < -0.39 is 172 Å². The van der Waals surface area contributed by atoms with Crippen LogP contribution in [0.3, 0.4) is 0 Å². The van der Waals surface area contributed by atoms with Crippen LogP contribution >= 0.6 is 0 Å². The van der Waals surface area contributed by atoms with Crippen LogP contribution in [0.2, 0.25) is 0 Å². The average molecular weight is 1170 g/mol. The number of hydrogen-bond acceptors (Lipinski definition) is 26. The van der Waals surface area contributed by atoms with Crippen molar-refractivity contribution in [3.8, 4) is 0 Å². The van der Waals surface area contributed by atoms with E-state index >= 15 is 0 Å². The molecular weight excluding hydrogens is 1110 g/mol. The average Bonchev–Trinajstić information content (AvgIpc) is 1.30. The predicted molar refractivity (Wildman–Crippen MR) is 277 cm³/mol. The lowest BCUT2D eigenvalue weighted by molar-refractivity contribution is -0.379. The molecule has 4 aromatic carbocycles. The van der Waals surface area contributed by atoms with Crippen molar-refractivity contribution in [3.05, 3.63) is 144 Å². The minimum Gasteiger partial charge on any atom is -0.463 e. The van der Waals surface area contributed by atoms with Gasteiger partial charge in [0.2, 0.25) is 0 Å². The van der Waals surface area contributed by atoms with E-state index in [1.165, 1.54) is 84.9 Å². The van der Waals surface area contributed by atoms with Crippen molar-refractivity contribution in [1.29, 1.82) is 0 Å². The lowest BCUT2D eigenvalue weighted by Gasteiger charge is -2.50. The number of carbonyl (C=O) groups is 10. The largest absolute Gasteiger partial charge is 0.463 e. The predicted octanol–water partition coefficient (Wildman–Crippen LogP) is 3.31. The summed E-state index contributed by atoms with van der Waals surface area (Å²) >= 11 is 0. The van der Waals surface area contributed by atoms with Gasteiger partial charge in [0.15, 0.2) is 61.6 Å². The van der Waals surface area contributed by atoms with Crippen LogP contribution in [-0.2, 0) is 99.8 Å². The van der Waals surface area contributed by atoms with Crippen LogP contribution in [-0.4, -0.2) is 177 Å². The summed E-state index contributed by atoms with van der Waals surface area (Å²) in [6.45, 7) is 3.54. The summed E-state index contributed by atoms with van der Waals surface area (Å²) in [4.78, 5) is 134. The van der Waals surface area contributed by atoms with Crippen molar-refractivity contribution in [2.75, 3.05) is 19.8 Å². The summed E-state index contributed by atoms with van der Waals surface area (Å²) in [5, 5.41) is 11.4. The molecule has 3 heterocycles. The Morgan fingerprint density at radius 2 is 0.607 bits per heavy atom. The molecule has 26 nitrogen and oxygen atoms in total. The molecule has 0 aromatic heterocycles. The van der Waals surface area contributed by atoms with Gasteiger partial charge in [0.25, 0.3) is 0 Å². The number of aliphatic hydroxyl groups excluding tert-OH is 1. The van der Waals surface area contributed by atoms with E-state index in [0.717, 1.165) is 41.5 Å². The van der Waals surface area contributed by atoms with Crippen LogP contribution < -0.4 is 0 Å². The zero-order valence-corrected chi connectivity index (χ0v) is 46.0. The molecule has 3 aliphatic rings. The minimum absolute atomic E-state index is 0.0241. The molecule has 0 radical (unpaired) electrons. The van der Waals surface area contributed by atoms with E-state index in [1.807, 2.05) is 0 Å². The van der Waals surface area contributed by atoms with Gasteiger partial charge in [0, 0.05) is 41.5 Å². The number of rotatable bonds is 21. The molecule has 0 saturated carbocycles. The normalized spacial score (nSPS) is 27.2. The molecule has 26 heteroatoms. The minimum atomic E-state index is -2.23. The SMILES string of the molecule is CC(=O)OC[C@H]1O[C@@H](O)[C@H](OC(C)=O)[C@@H](O[C@@H]2O[C@H](COC(C)=O)[C@@H](OC(C)=O)[C@H](O[C@@H]3O[C@H](COC(=O)c4ccccc4)[C@@H](OC(=O)c4ccccc4)[C@H](OC(=O)c4ccccc4)[C@H]3OC(=O)c3ccccc3)[C@H]2OC(C)=O)[C@@H]1OC(C)=O. The Kier molecular flexibility index (Phi) is 22.1. The molecule has 1 N–H and O–H groups in total. The highest BCUT2D eigenvalue weighted by Gasteiger charge is 2.60. The maximum atomic E-state index is 14.5. The first-order valence-corrected chi connectivity index (χ1v) is 26.1. The second kappa shape index (κ2) is 29.5. The number of aliphatic hydroxyl groups is 1. The van der Waals surface area contributed by atoms with Gasteiger partial charge < -0.3 is 76.2 Å². The fraction of sp³-hybridized carbons (Fsp3) is 0.414. The van der Waals surface area contributed by atoms with Gasteiger partial charge in [0.05, 0.1) is 22.3 Å². The smallest absolute Gasteiger partial charge is 0.338 e. The third kappa shape index (κ3) is 17.0. The summed E-state index contributed by atoms with van der Waals surface area (Å²) in [7, 11) is 0. The lowest BCUT2D eigenvalue weighted by atomic mass is 9.95. The van der Waals surface area contributed by atoms with Crippen LogP contribution in [0.4, 0.5) is 0 Å². The lowest BCUT2D eigenvalue weighted by Crippen LogP contribution is -2.69. The van der Waals surface area contributed by atoms with Crippen molar-refractivity contribution in [2.24, 2.45) is 0 Å². The molecule has 0 spiro atoms. The number of esters is 10. The van der Waals surface area contributed by atoms with E-state index in [0.29, 0.717) is 0 Å². The van der Waals surface area contributed by atoms with E-state index in [-0.39, 0.29) is 22.3 Å². The first-order valence-electron chi connectivity index (χ1n) is 26.1. The summed E-state index contributed by atoms with van der Waals surface area (Å²) in [5.74, 6) is -10.1. The third-order valence-electron chi connectivity index (χ3n) is 12.6. The zero-order valence-electron chi connectivity index (χ0n) is 46.0. The van der Waals surface area contributed by atoms with Gasteiger partial charge in [-0.2, -0.15) is 0 Å². The summed E-state index contributed by atoms with van der Waals surface area (Å²) < 4.78 is 89.5. The van der Waals surface area contributed by atoms with Crippen LogP contribution in [0.25, 0.3) is 0 Å². The fourth-order valence-corrected chi connectivity index (χ4v) is 9.11. The van der Waals surface area contributed by atoms with Gasteiger partial charge in [-0.3, -0.25) is 28.8 Å².